The van der Waals surface area contributed by atoms with E-state index in [2.05, 4.69) is 0 Å². The molecule has 1 aromatic rings. The molecular formula is C10H16N2O. The molecule has 1 rings (SSSR count). The standard InChI is InChI=1S/C10H16N2O/c1-10(12,7-11)8-3-5-9(13-2)6-4-8/h3-6H,7,11-12H2,1-2H3. The fourth-order valence-electron chi connectivity index (χ4n) is 1.09. The predicted molar refractivity (Wildman–Crippen MR) is 53.6 cm³/mol. The van der Waals surface area contributed by atoms with Gasteiger partial charge in [0.05, 0.1) is 12.6 Å². The van der Waals surface area contributed by atoms with Gasteiger partial charge in [-0.15, -0.1) is 0 Å². The van der Waals surface area contributed by atoms with E-state index in [1.807, 2.05) is 31.2 Å². The molecule has 72 valence electrons. The van der Waals surface area contributed by atoms with Crippen LogP contribution in [0.25, 0.3) is 0 Å². The van der Waals surface area contributed by atoms with E-state index >= 15 is 0 Å². The molecule has 0 saturated carbocycles. The Labute approximate surface area is 78.7 Å². The molecule has 4 N–H and O–H groups in total. The van der Waals surface area contributed by atoms with Crippen molar-refractivity contribution >= 4 is 0 Å². The fourth-order valence-corrected chi connectivity index (χ4v) is 1.09. The Bertz CT molecular complexity index is 267. The quantitative estimate of drug-likeness (QED) is 0.724. The Hall–Kier alpha value is -1.06. The van der Waals surface area contributed by atoms with Crippen molar-refractivity contribution in [3.8, 4) is 5.75 Å². The molecule has 3 nitrogen and oxygen atoms in total. The second kappa shape index (κ2) is 3.77. The highest BCUT2D eigenvalue weighted by Crippen LogP contribution is 2.19. The normalized spacial score (nSPS) is 15.1. The van der Waals surface area contributed by atoms with Crippen LogP contribution in [-0.4, -0.2) is 13.7 Å². The van der Waals surface area contributed by atoms with Crippen LogP contribution in [0.3, 0.4) is 0 Å². The van der Waals surface area contributed by atoms with Gasteiger partial charge in [-0.2, -0.15) is 0 Å². The minimum Gasteiger partial charge on any atom is -0.497 e. The lowest BCUT2D eigenvalue weighted by molar-refractivity contribution is 0.413. The maximum atomic E-state index is 5.96. The van der Waals surface area contributed by atoms with Gasteiger partial charge in [0.15, 0.2) is 0 Å². The van der Waals surface area contributed by atoms with Gasteiger partial charge in [-0.3, -0.25) is 0 Å². The van der Waals surface area contributed by atoms with Gasteiger partial charge in [0.1, 0.15) is 5.75 Å². The number of hydrogen-bond donors (Lipinski definition) is 2. The third kappa shape index (κ3) is 2.20. The number of ether oxygens (including phenoxy) is 1. The van der Waals surface area contributed by atoms with Gasteiger partial charge in [0.2, 0.25) is 0 Å². The molecule has 0 fully saturated rings. The Kier molecular flexibility index (Phi) is 2.90. The van der Waals surface area contributed by atoms with Gasteiger partial charge in [-0.05, 0) is 24.6 Å². The highest BCUT2D eigenvalue weighted by molar-refractivity contribution is 5.31. The van der Waals surface area contributed by atoms with Gasteiger partial charge in [-0.1, -0.05) is 12.1 Å². The lowest BCUT2D eigenvalue weighted by atomic mass is 9.93. The molecule has 0 aliphatic heterocycles. The number of benzene rings is 1. The summed E-state index contributed by atoms with van der Waals surface area (Å²) < 4.78 is 5.04. The summed E-state index contributed by atoms with van der Waals surface area (Å²) in [5, 5.41) is 0. The highest BCUT2D eigenvalue weighted by Gasteiger charge is 2.18. The largest absolute Gasteiger partial charge is 0.497 e. The third-order valence-electron chi connectivity index (χ3n) is 2.17. The minimum atomic E-state index is -0.452. The van der Waals surface area contributed by atoms with Crippen LogP contribution >= 0.6 is 0 Å². The maximum absolute atomic E-state index is 5.96. The summed E-state index contributed by atoms with van der Waals surface area (Å²) >= 11 is 0. The first-order valence-electron chi connectivity index (χ1n) is 4.23. The zero-order valence-corrected chi connectivity index (χ0v) is 8.08. The molecule has 1 atom stereocenters. The summed E-state index contributed by atoms with van der Waals surface area (Å²) in [5.74, 6) is 0.830. The van der Waals surface area contributed by atoms with Crippen LogP contribution in [0.4, 0.5) is 0 Å². The zero-order valence-electron chi connectivity index (χ0n) is 8.08. The molecule has 1 aromatic carbocycles. The first kappa shape index (κ1) is 10.0. The average Bonchev–Trinajstić information content (AvgIpc) is 2.18. The van der Waals surface area contributed by atoms with E-state index in [4.69, 9.17) is 16.2 Å². The molecule has 0 spiro atoms. The van der Waals surface area contributed by atoms with Crippen molar-refractivity contribution < 1.29 is 4.74 Å². The van der Waals surface area contributed by atoms with Gasteiger partial charge in [-0.25, -0.2) is 0 Å². The molecule has 3 heteroatoms. The van der Waals surface area contributed by atoms with E-state index in [0.29, 0.717) is 6.54 Å². The van der Waals surface area contributed by atoms with Gasteiger partial charge < -0.3 is 16.2 Å². The van der Waals surface area contributed by atoms with Crippen molar-refractivity contribution in [1.29, 1.82) is 0 Å². The summed E-state index contributed by atoms with van der Waals surface area (Å²) in [7, 11) is 1.64. The number of rotatable bonds is 3. The topological polar surface area (TPSA) is 61.3 Å². The van der Waals surface area contributed by atoms with Crippen LogP contribution in [0.5, 0.6) is 5.75 Å². The molecule has 0 saturated heterocycles. The van der Waals surface area contributed by atoms with Crippen molar-refractivity contribution in [2.75, 3.05) is 13.7 Å². The van der Waals surface area contributed by atoms with E-state index in [1.54, 1.807) is 7.11 Å². The number of methoxy groups -OCH3 is 1. The second-order valence-electron chi connectivity index (χ2n) is 3.35. The molecule has 0 radical (unpaired) electrons. The van der Waals surface area contributed by atoms with Gasteiger partial charge in [0, 0.05) is 6.54 Å². The van der Waals surface area contributed by atoms with E-state index < -0.39 is 5.54 Å². The van der Waals surface area contributed by atoms with E-state index in [-0.39, 0.29) is 0 Å². The van der Waals surface area contributed by atoms with Crippen LogP contribution in [0.2, 0.25) is 0 Å². The monoisotopic (exact) mass is 180 g/mol. The Morgan fingerprint density at radius 3 is 2.23 bits per heavy atom. The molecule has 0 amide bonds. The lowest BCUT2D eigenvalue weighted by Crippen LogP contribution is -2.40. The van der Waals surface area contributed by atoms with Crippen LogP contribution in [0.15, 0.2) is 24.3 Å². The smallest absolute Gasteiger partial charge is 0.118 e. The third-order valence-corrected chi connectivity index (χ3v) is 2.17. The predicted octanol–water partition coefficient (Wildman–Crippen LogP) is 0.828. The van der Waals surface area contributed by atoms with Crippen LogP contribution in [-0.2, 0) is 5.54 Å². The van der Waals surface area contributed by atoms with Gasteiger partial charge >= 0.3 is 0 Å². The van der Waals surface area contributed by atoms with Crippen molar-refractivity contribution in [2.45, 2.75) is 12.5 Å². The molecular weight excluding hydrogens is 164 g/mol. The molecule has 0 bridgehead atoms. The zero-order chi connectivity index (χ0) is 9.90. The Morgan fingerprint density at radius 2 is 1.85 bits per heavy atom. The summed E-state index contributed by atoms with van der Waals surface area (Å²) in [6, 6.07) is 7.64. The molecule has 1 unspecified atom stereocenters. The van der Waals surface area contributed by atoms with Crippen LogP contribution in [0.1, 0.15) is 12.5 Å². The first-order valence-corrected chi connectivity index (χ1v) is 4.23. The van der Waals surface area contributed by atoms with Crippen LogP contribution in [0, 0.1) is 0 Å². The van der Waals surface area contributed by atoms with E-state index in [9.17, 15) is 0 Å². The Balaban J connectivity index is 2.92. The summed E-state index contributed by atoms with van der Waals surface area (Å²) in [4.78, 5) is 0. The average molecular weight is 180 g/mol. The number of nitrogens with two attached hydrogens (primary N) is 2. The summed E-state index contributed by atoms with van der Waals surface area (Å²) in [6.45, 7) is 2.34. The molecule has 0 aliphatic rings. The lowest BCUT2D eigenvalue weighted by Gasteiger charge is -2.22. The molecule has 0 aliphatic carbocycles. The van der Waals surface area contributed by atoms with Crippen molar-refractivity contribution in [3.05, 3.63) is 29.8 Å². The molecule has 13 heavy (non-hydrogen) atoms. The first-order chi connectivity index (χ1) is 6.10. The molecule has 0 heterocycles. The highest BCUT2D eigenvalue weighted by atomic mass is 16.5. The van der Waals surface area contributed by atoms with Crippen LogP contribution < -0.4 is 16.2 Å². The fraction of sp³-hybridized carbons (Fsp3) is 0.400. The van der Waals surface area contributed by atoms with Crippen molar-refractivity contribution in [3.63, 3.8) is 0 Å². The van der Waals surface area contributed by atoms with E-state index in [0.717, 1.165) is 11.3 Å². The molecule has 0 aromatic heterocycles. The summed E-state index contributed by atoms with van der Waals surface area (Å²) in [6.07, 6.45) is 0. The van der Waals surface area contributed by atoms with Crippen molar-refractivity contribution in [1.82, 2.24) is 0 Å². The Morgan fingerprint density at radius 1 is 1.31 bits per heavy atom. The maximum Gasteiger partial charge on any atom is 0.118 e. The summed E-state index contributed by atoms with van der Waals surface area (Å²) in [5.41, 5.74) is 12.1. The second-order valence-corrected chi connectivity index (χ2v) is 3.35. The number of hydrogen-bond acceptors (Lipinski definition) is 3. The minimum absolute atomic E-state index is 0.430. The van der Waals surface area contributed by atoms with Crippen molar-refractivity contribution in [2.24, 2.45) is 11.5 Å². The van der Waals surface area contributed by atoms with E-state index in [1.165, 1.54) is 0 Å². The SMILES string of the molecule is COc1ccc(C(C)(N)CN)cc1. The van der Waals surface area contributed by atoms with Gasteiger partial charge in [0.25, 0.3) is 0 Å².